The SMILES string of the molecule is CCN(CC)CCOC(=O)c1ccc(-n2cnc3ccccc3c2=O)cc1. The fourth-order valence-corrected chi connectivity index (χ4v) is 2.90. The summed E-state index contributed by atoms with van der Waals surface area (Å²) in [5.74, 6) is -0.363. The smallest absolute Gasteiger partial charge is 0.338 e. The van der Waals surface area contributed by atoms with Crippen molar-refractivity contribution in [3.63, 3.8) is 0 Å². The van der Waals surface area contributed by atoms with Crippen molar-refractivity contribution in [3.8, 4) is 5.69 Å². The van der Waals surface area contributed by atoms with Crippen LogP contribution >= 0.6 is 0 Å². The highest BCUT2D eigenvalue weighted by Gasteiger charge is 2.10. The molecule has 27 heavy (non-hydrogen) atoms. The minimum Gasteiger partial charge on any atom is -0.461 e. The van der Waals surface area contributed by atoms with Gasteiger partial charge in [0.2, 0.25) is 0 Å². The molecule has 3 aromatic rings. The Morgan fingerprint density at radius 1 is 1.07 bits per heavy atom. The Morgan fingerprint density at radius 3 is 2.48 bits per heavy atom. The monoisotopic (exact) mass is 365 g/mol. The zero-order valence-electron chi connectivity index (χ0n) is 15.6. The fourth-order valence-electron chi connectivity index (χ4n) is 2.90. The quantitative estimate of drug-likeness (QED) is 0.603. The molecule has 6 nitrogen and oxygen atoms in total. The van der Waals surface area contributed by atoms with E-state index < -0.39 is 0 Å². The number of likely N-dealkylation sites (N-methyl/N-ethyl adjacent to an activating group) is 1. The number of hydrogen-bond donors (Lipinski definition) is 0. The predicted molar refractivity (Wildman–Crippen MR) is 105 cm³/mol. The molecule has 0 unspecified atom stereocenters. The molecule has 0 spiro atoms. The number of para-hydroxylation sites is 1. The number of ether oxygens (including phenoxy) is 1. The molecular weight excluding hydrogens is 342 g/mol. The van der Waals surface area contributed by atoms with E-state index in [1.165, 1.54) is 10.9 Å². The Morgan fingerprint density at radius 2 is 1.78 bits per heavy atom. The summed E-state index contributed by atoms with van der Waals surface area (Å²) in [6, 6.07) is 14.0. The summed E-state index contributed by atoms with van der Waals surface area (Å²) in [4.78, 5) is 31.3. The number of carbonyl (C=O) groups excluding carboxylic acids is 1. The first-order valence-electron chi connectivity index (χ1n) is 9.10. The second-order valence-corrected chi connectivity index (χ2v) is 6.15. The largest absolute Gasteiger partial charge is 0.461 e. The summed E-state index contributed by atoms with van der Waals surface area (Å²) in [6.45, 7) is 7.08. The van der Waals surface area contributed by atoms with Crippen LogP contribution in [0, 0.1) is 0 Å². The van der Waals surface area contributed by atoms with Gasteiger partial charge in [-0.25, -0.2) is 9.78 Å². The number of hydrogen-bond acceptors (Lipinski definition) is 5. The van der Waals surface area contributed by atoms with Crippen LogP contribution in [0.5, 0.6) is 0 Å². The van der Waals surface area contributed by atoms with Gasteiger partial charge in [0.05, 0.1) is 22.2 Å². The lowest BCUT2D eigenvalue weighted by Gasteiger charge is -2.17. The molecule has 0 aliphatic rings. The lowest BCUT2D eigenvalue weighted by atomic mass is 10.2. The van der Waals surface area contributed by atoms with Gasteiger partial charge < -0.3 is 9.64 Å². The Hall–Kier alpha value is -2.99. The molecule has 0 bridgehead atoms. The third kappa shape index (κ3) is 4.23. The zero-order valence-corrected chi connectivity index (χ0v) is 15.6. The highest BCUT2D eigenvalue weighted by atomic mass is 16.5. The van der Waals surface area contributed by atoms with Gasteiger partial charge in [0, 0.05) is 6.54 Å². The van der Waals surface area contributed by atoms with Crippen molar-refractivity contribution in [2.75, 3.05) is 26.2 Å². The minimum absolute atomic E-state index is 0.143. The van der Waals surface area contributed by atoms with Crippen LogP contribution in [-0.2, 0) is 4.74 Å². The van der Waals surface area contributed by atoms with Crippen LogP contribution in [0.2, 0.25) is 0 Å². The number of nitrogens with zero attached hydrogens (tertiary/aromatic N) is 3. The number of esters is 1. The fraction of sp³-hybridized carbons (Fsp3) is 0.286. The molecule has 0 aliphatic carbocycles. The second-order valence-electron chi connectivity index (χ2n) is 6.15. The minimum atomic E-state index is -0.363. The van der Waals surface area contributed by atoms with Gasteiger partial charge >= 0.3 is 5.97 Å². The number of benzene rings is 2. The lowest BCUT2D eigenvalue weighted by Crippen LogP contribution is -2.27. The van der Waals surface area contributed by atoms with E-state index in [0.29, 0.717) is 28.8 Å². The number of carbonyl (C=O) groups is 1. The average molecular weight is 365 g/mol. The van der Waals surface area contributed by atoms with Crippen molar-refractivity contribution < 1.29 is 9.53 Å². The van der Waals surface area contributed by atoms with Crippen LogP contribution in [-0.4, -0.2) is 46.7 Å². The van der Waals surface area contributed by atoms with Gasteiger partial charge in [-0.05, 0) is 49.5 Å². The average Bonchev–Trinajstić information content (AvgIpc) is 2.72. The summed E-state index contributed by atoms with van der Waals surface area (Å²) in [5, 5.41) is 0.555. The molecule has 2 aromatic carbocycles. The van der Waals surface area contributed by atoms with E-state index in [1.54, 1.807) is 36.4 Å². The Balaban J connectivity index is 1.73. The van der Waals surface area contributed by atoms with Gasteiger partial charge in [0.25, 0.3) is 5.56 Å². The Kier molecular flexibility index (Phi) is 5.98. The second kappa shape index (κ2) is 8.60. The standard InChI is InChI=1S/C21H23N3O3/c1-3-23(4-2)13-14-27-21(26)16-9-11-17(12-10-16)24-15-22-19-8-6-5-7-18(19)20(24)25/h5-12,15H,3-4,13-14H2,1-2H3. The maximum atomic E-state index is 12.6. The first-order chi connectivity index (χ1) is 13.1. The normalized spacial score (nSPS) is 11.1. The van der Waals surface area contributed by atoms with E-state index >= 15 is 0 Å². The third-order valence-electron chi connectivity index (χ3n) is 4.58. The number of rotatable bonds is 7. The molecule has 1 heterocycles. The summed E-state index contributed by atoms with van der Waals surface area (Å²) < 4.78 is 6.80. The lowest BCUT2D eigenvalue weighted by molar-refractivity contribution is 0.0466. The van der Waals surface area contributed by atoms with E-state index in [2.05, 4.69) is 23.7 Å². The molecule has 6 heteroatoms. The zero-order chi connectivity index (χ0) is 19.2. The molecule has 0 aliphatic heterocycles. The van der Waals surface area contributed by atoms with Gasteiger partial charge in [0.15, 0.2) is 0 Å². The first-order valence-corrected chi connectivity index (χ1v) is 9.10. The Labute approximate surface area is 158 Å². The summed E-state index contributed by atoms with van der Waals surface area (Å²) in [5.41, 5.74) is 1.63. The molecule has 140 valence electrons. The van der Waals surface area contributed by atoms with Crippen LogP contribution in [0.25, 0.3) is 16.6 Å². The van der Waals surface area contributed by atoms with Crippen molar-refractivity contribution in [2.45, 2.75) is 13.8 Å². The van der Waals surface area contributed by atoms with Crippen molar-refractivity contribution in [3.05, 3.63) is 70.8 Å². The number of fused-ring (bicyclic) bond motifs is 1. The van der Waals surface area contributed by atoms with Gasteiger partial charge in [-0.1, -0.05) is 26.0 Å². The highest BCUT2D eigenvalue weighted by molar-refractivity contribution is 5.89. The molecular formula is C21H23N3O3. The van der Waals surface area contributed by atoms with E-state index in [4.69, 9.17) is 4.74 Å². The topological polar surface area (TPSA) is 64.4 Å². The van der Waals surface area contributed by atoms with Crippen molar-refractivity contribution in [2.24, 2.45) is 0 Å². The predicted octanol–water partition coefficient (Wildman–Crippen LogP) is 2.88. The van der Waals surface area contributed by atoms with Crippen LogP contribution in [0.1, 0.15) is 24.2 Å². The molecule has 0 radical (unpaired) electrons. The van der Waals surface area contributed by atoms with Crippen molar-refractivity contribution >= 4 is 16.9 Å². The Bertz CT molecular complexity index is 976. The molecule has 0 N–H and O–H groups in total. The van der Waals surface area contributed by atoms with Gasteiger partial charge in [-0.15, -0.1) is 0 Å². The van der Waals surface area contributed by atoms with Gasteiger partial charge in [-0.2, -0.15) is 0 Å². The van der Waals surface area contributed by atoms with E-state index in [-0.39, 0.29) is 11.5 Å². The van der Waals surface area contributed by atoms with Crippen LogP contribution in [0.4, 0.5) is 0 Å². The molecule has 0 amide bonds. The summed E-state index contributed by atoms with van der Waals surface area (Å²) in [7, 11) is 0. The maximum absolute atomic E-state index is 12.6. The van der Waals surface area contributed by atoms with Crippen LogP contribution in [0.15, 0.2) is 59.7 Å². The third-order valence-corrected chi connectivity index (χ3v) is 4.58. The van der Waals surface area contributed by atoms with Crippen molar-refractivity contribution in [1.29, 1.82) is 0 Å². The first kappa shape index (κ1) is 18.8. The van der Waals surface area contributed by atoms with Gasteiger partial charge in [0.1, 0.15) is 12.9 Å². The molecule has 0 saturated heterocycles. The number of aromatic nitrogens is 2. The maximum Gasteiger partial charge on any atom is 0.338 e. The molecule has 0 atom stereocenters. The highest BCUT2D eigenvalue weighted by Crippen LogP contribution is 2.11. The summed E-state index contributed by atoms with van der Waals surface area (Å²) >= 11 is 0. The van der Waals surface area contributed by atoms with E-state index in [1.807, 2.05) is 12.1 Å². The van der Waals surface area contributed by atoms with Crippen LogP contribution < -0.4 is 5.56 Å². The summed E-state index contributed by atoms with van der Waals surface area (Å²) in [6.07, 6.45) is 1.50. The molecule has 1 aromatic heterocycles. The van der Waals surface area contributed by atoms with E-state index in [0.717, 1.165) is 19.6 Å². The van der Waals surface area contributed by atoms with E-state index in [9.17, 15) is 9.59 Å². The van der Waals surface area contributed by atoms with Gasteiger partial charge in [-0.3, -0.25) is 9.36 Å². The molecule has 3 rings (SSSR count). The molecule has 0 saturated carbocycles. The van der Waals surface area contributed by atoms with Crippen LogP contribution in [0.3, 0.4) is 0 Å². The van der Waals surface area contributed by atoms with Crippen molar-refractivity contribution in [1.82, 2.24) is 14.5 Å². The molecule has 0 fully saturated rings.